The third kappa shape index (κ3) is 3.39. The van der Waals surface area contributed by atoms with Crippen molar-refractivity contribution in [3.8, 4) is 0 Å². The minimum atomic E-state index is -1.00. The van der Waals surface area contributed by atoms with Gasteiger partial charge in [0.15, 0.2) is 0 Å². The van der Waals surface area contributed by atoms with Gasteiger partial charge in [0.05, 0.1) is 5.56 Å². The maximum atomic E-state index is 12.3. The molecule has 1 aromatic heterocycles. The van der Waals surface area contributed by atoms with Crippen molar-refractivity contribution in [2.75, 3.05) is 11.9 Å². The minimum Gasteiger partial charge on any atom is -0.478 e. The number of hydrogen-bond acceptors (Lipinski definition) is 4. The summed E-state index contributed by atoms with van der Waals surface area (Å²) in [5.74, 6) is -1.34. The lowest BCUT2D eigenvalue weighted by Crippen LogP contribution is -2.14. The first-order chi connectivity index (χ1) is 11.1. The zero-order valence-electron chi connectivity index (χ0n) is 12.2. The molecule has 2 aromatic rings. The van der Waals surface area contributed by atoms with Crippen molar-refractivity contribution in [1.29, 1.82) is 0 Å². The molecule has 1 aliphatic rings. The van der Waals surface area contributed by atoms with Crippen LogP contribution in [0.5, 0.6) is 0 Å². The molecule has 23 heavy (non-hydrogen) atoms. The quantitative estimate of drug-likeness (QED) is 0.792. The van der Waals surface area contributed by atoms with Crippen LogP contribution in [0.2, 0.25) is 5.02 Å². The maximum Gasteiger partial charge on any atom is 0.339 e. The van der Waals surface area contributed by atoms with Crippen LogP contribution in [0.1, 0.15) is 37.6 Å². The molecule has 0 spiro atoms. The number of halogens is 1. The predicted molar refractivity (Wildman–Crippen MR) is 90.7 cm³/mol. The first-order valence-electron chi connectivity index (χ1n) is 7.21. The summed E-state index contributed by atoms with van der Waals surface area (Å²) in [6.45, 7) is 1.50. The first-order valence-corrected chi connectivity index (χ1v) is 8.41. The fourth-order valence-corrected chi connectivity index (χ4v) is 3.93. The molecule has 5 nitrogen and oxygen atoms in total. The standard InChI is InChI=1S/C16H15ClN2O3S/c17-10-5-3-9(4-6-10)14(20)19-15-13(16(21)22)11-2-1-7-18-8-12(11)23-15/h3-6,18H,1-2,7-8H2,(H,19,20)(H,21,22). The van der Waals surface area contributed by atoms with Gasteiger partial charge in [-0.25, -0.2) is 4.79 Å². The number of benzene rings is 1. The average Bonchev–Trinajstić information content (AvgIpc) is 2.69. The Labute approximate surface area is 142 Å². The molecule has 1 aromatic carbocycles. The number of fused-ring (bicyclic) bond motifs is 1. The Hall–Kier alpha value is -1.89. The van der Waals surface area contributed by atoms with E-state index in [2.05, 4.69) is 10.6 Å². The van der Waals surface area contributed by atoms with Crippen molar-refractivity contribution >= 4 is 39.8 Å². The lowest BCUT2D eigenvalue weighted by molar-refractivity contribution is 0.0697. The van der Waals surface area contributed by atoms with Gasteiger partial charge < -0.3 is 15.7 Å². The molecule has 120 valence electrons. The van der Waals surface area contributed by atoms with Gasteiger partial charge in [0, 0.05) is 22.0 Å². The van der Waals surface area contributed by atoms with E-state index in [4.69, 9.17) is 11.6 Å². The molecule has 3 rings (SSSR count). The van der Waals surface area contributed by atoms with Gasteiger partial charge in [0.1, 0.15) is 5.00 Å². The summed E-state index contributed by atoms with van der Waals surface area (Å²) in [6.07, 6.45) is 1.59. The third-order valence-corrected chi connectivity index (χ3v) is 5.10. The van der Waals surface area contributed by atoms with Crippen LogP contribution in [0, 0.1) is 0 Å². The number of carboxylic acid groups (broad SMARTS) is 1. The number of carbonyl (C=O) groups excluding carboxylic acids is 1. The van der Waals surface area contributed by atoms with E-state index in [1.165, 1.54) is 11.3 Å². The number of anilines is 1. The van der Waals surface area contributed by atoms with Gasteiger partial charge in [-0.3, -0.25) is 4.79 Å². The molecular formula is C16H15ClN2O3S. The van der Waals surface area contributed by atoms with Gasteiger partial charge >= 0.3 is 5.97 Å². The zero-order chi connectivity index (χ0) is 16.4. The van der Waals surface area contributed by atoms with Crippen molar-refractivity contribution in [2.24, 2.45) is 0 Å². The zero-order valence-corrected chi connectivity index (χ0v) is 13.8. The first kappa shape index (κ1) is 16.0. The van der Waals surface area contributed by atoms with E-state index in [1.54, 1.807) is 24.3 Å². The molecule has 1 aliphatic heterocycles. The number of carboxylic acids is 1. The molecular weight excluding hydrogens is 336 g/mol. The number of hydrogen-bond donors (Lipinski definition) is 3. The van der Waals surface area contributed by atoms with E-state index < -0.39 is 5.97 Å². The topological polar surface area (TPSA) is 78.4 Å². The molecule has 0 bridgehead atoms. The summed E-state index contributed by atoms with van der Waals surface area (Å²) in [4.78, 5) is 25.0. The second-order valence-corrected chi connectivity index (χ2v) is 6.80. The minimum absolute atomic E-state index is 0.219. The molecule has 7 heteroatoms. The normalized spacial score (nSPS) is 14.0. The smallest absolute Gasteiger partial charge is 0.339 e. The van der Waals surface area contributed by atoms with E-state index in [-0.39, 0.29) is 11.5 Å². The molecule has 2 heterocycles. The second kappa shape index (κ2) is 6.70. The fraction of sp³-hybridized carbons (Fsp3) is 0.250. The Balaban J connectivity index is 1.92. The molecule has 0 fully saturated rings. The summed E-state index contributed by atoms with van der Waals surface area (Å²) in [5.41, 5.74) is 1.49. The van der Waals surface area contributed by atoms with Crippen LogP contribution in [0.4, 0.5) is 5.00 Å². The highest BCUT2D eigenvalue weighted by Crippen LogP contribution is 2.35. The number of rotatable bonds is 3. The van der Waals surface area contributed by atoms with E-state index in [0.29, 0.717) is 28.6 Å². The highest BCUT2D eigenvalue weighted by molar-refractivity contribution is 7.17. The van der Waals surface area contributed by atoms with Gasteiger partial charge in [-0.05, 0) is 49.2 Å². The van der Waals surface area contributed by atoms with E-state index >= 15 is 0 Å². The molecule has 0 atom stereocenters. The van der Waals surface area contributed by atoms with Crippen molar-refractivity contribution in [3.05, 3.63) is 50.9 Å². The number of amides is 1. The largest absolute Gasteiger partial charge is 0.478 e. The summed E-state index contributed by atoms with van der Waals surface area (Å²) in [5, 5.41) is 16.5. The molecule has 0 saturated carbocycles. The van der Waals surface area contributed by atoms with Crippen LogP contribution in [0.15, 0.2) is 24.3 Å². The van der Waals surface area contributed by atoms with Crippen LogP contribution in [0.3, 0.4) is 0 Å². The number of thiophene rings is 1. The van der Waals surface area contributed by atoms with Gasteiger partial charge in [-0.1, -0.05) is 11.6 Å². The Morgan fingerprint density at radius 1 is 1.26 bits per heavy atom. The molecule has 0 radical (unpaired) electrons. The Bertz CT molecular complexity index is 755. The van der Waals surface area contributed by atoms with Crippen LogP contribution in [-0.2, 0) is 13.0 Å². The molecule has 0 saturated heterocycles. The average molecular weight is 351 g/mol. The maximum absolute atomic E-state index is 12.3. The summed E-state index contributed by atoms with van der Waals surface area (Å²) >= 11 is 7.14. The second-order valence-electron chi connectivity index (χ2n) is 5.25. The van der Waals surface area contributed by atoms with Gasteiger partial charge in [-0.2, -0.15) is 0 Å². The fourth-order valence-electron chi connectivity index (χ4n) is 2.60. The SMILES string of the molecule is O=C(Nc1sc2c(c1C(=O)O)CCCNC2)c1ccc(Cl)cc1. The highest BCUT2D eigenvalue weighted by atomic mass is 35.5. The molecule has 0 aliphatic carbocycles. The number of nitrogens with one attached hydrogen (secondary N) is 2. The van der Waals surface area contributed by atoms with Crippen molar-refractivity contribution in [2.45, 2.75) is 19.4 Å². The van der Waals surface area contributed by atoms with Gasteiger partial charge in [-0.15, -0.1) is 11.3 Å². The third-order valence-electron chi connectivity index (χ3n) is 3.70. The van der Waals surface area contributed by atoms with E-state index in [0.717, 1.165) is 23.4 Å². The van der Waals surface area contributed by atoms with Gasteiger partial charge in [0.2, 0.25) is 0 Å². The number of carbonyl (C=O) groups is 2. The van der Waals surface area contributed by atoms with E-state index in [1.807, 2.05) is 0 Å². The van der Waals surface area contributed by atoms with Crippen LogP contribution >= 0.6 is 22.9 Å². The molecule has 1 amide bonds. The lowest BCUT2D eigenvalue weighted by atomic mass is 10.1. The number of aromatic carboxylic acids is 1. The summed E-state index contributed by atoms with van der Waals surface area (Å²) in [7, 11) is 0. The summed E-state index contributed by atoms with van der Waals surface area (Å²) < 4.78 is 0. The van der Waals surface area contributed by atoms with Crippen LogP contribution in [-0.4, -0.2) is 23.5 Å². The summed E-state index contributed by atoms with van der Waals surface area (Å²) in [6, 6.07) is 6.47. The monoisotopic (exact) mass is 350 g/mol. The Kier molecular flexibility index (Phi) is 4.66. The van der Waals surface area contributed by atoms with Crippen LogP contribution in [0.25, 0.3) is 0 Å². The molecule has 3 N–H and O–H groups in total. The molecule has 0 unspecified atom stereocenters. The van der Waals surface area contributed by atoms with Crippen molar-refractivity contribution < 1.29 is 14.7 Å². The Morgan fingerprint density at radius 3 is 2.70 bits per heavy atom. The predicted octanol–water partition coefficient (Wildman–Crippen LogP) is 3.39. The van der Waals surface area contributed by atoms with Crippen LogP contribution < -0.4 is 10.6 Å². The van der Waals surface area contributed by atoms with Crippen molar-refractivity contribution in [3.63, 3.8) is 0 Å². The highest BCUT2D eigenvalue weighted by Gasteiger charge is 2.25. The van der Waals surface area contributed by atoms with Gasteiger partial charge in [0.25, 0.3) is 5.91 Å². The Morgan fingerprint density at radius 2 is 2.00 bits per heavy atom. The lowest BCUT2D eigenvalue weighted by Gasteiger charge is -2.06. The van der Waals surface area contributed by atoms with Crippen molar-refractivity contribution in [1.82, 2.24) is 5.32 Å². The van der Waals surface area contributed by atoms with E-state index in [9.17, 15) is 14.7 Å².